The molecule has 4 rings (SSSR count). The van der Waals surface area contributed by atoms with Crippen molar-refractivity contribution in [2.75, 3.05) is 13.2 Å². The van der Waals surface area contributed by atoms with E-state index in [1.807, 2.05) is 22.2 Å². The first-order valence-electron chi connectivity index (χ1n) is 8.70. The molecule has 0 fully saturated rings. The summed E-state index contributed by atoms with van der Waals surface area (Å²) < 4.78 is 0. The van der Waals surface area contributed by atoms with Gasteiger partial charge in [-0.25, -0.2) is 0 Å². The maximum absolute atomic E-state index is 12.8. The molecule has 0 saturated carbocycles. The van der Waals surface area contributed by atoms with Crippen molar-refractivity contribution in [1.29, 1.82) is 0 Å². The van der Waals surface area contributed by atoms with Crippen LogP contribution in [0.15, 0.2) is 67.6 Å². The number of ketones is 3. The third-order valence-corrected chi connectivity index (χ3v) is 4.82. The van der Waals surface area contributed by atoms with Crippen LogP contribution in [0, 0.1) is 0 Å². The first-order chi connectivity index (χ1) is 13.1. The third-order valence-electron chi connectivity index (χ3n) is 4.82. The van der Waals surface area contributed by atoms with Gasteiger partial charge in [-0.1, -0.05) is 43.0 Å². The van der Waals surface area contributed by atoms with Crippen LogP contribution in [0.4, 0.5) is 0 Å². The largest absolute Gasteiger partial charge is 0.351 e. The summed E-state index contributed by atoms with van der Waals surface area (Å²) in [6.45, 7) is 4.58. The van der Waals surface area contributed by atoms with Crippen molar-refractivity contribution in [2.45, 2.75) is 6.42 Å². The predicted molar refractivity (Wildman–Crippen MR) is 101 cm³/mol. The Morgan fingerprint density at radius 2 is 1.63 bits per heavy atom. The van der Waals surface area contributed by atoms with Gasteiger partial charge in [0, 0.05) is 41.1 Å². The Morgan fingerprint density at radius 1 is 0.963 bits per heavy atom. The molecule has 0 radical (unpaired) electrons. The lowest BCUT2D eigenvalue weighted by Crippen LogP contribution is -2.28. The SMILES string of the molecule is C=CN1C=CN(CC(=O)Cc2ccc3c(c2)C(=O)c2ccccc2C3=O)C1. The van der Waals surface area contributed by atoms with E-state index in [0.717, 1.165) is 5.56 Å². The molecule has 27 heavy (non-hydrogen) atoms. The van der Waals surface area contributed by atoms with E-state index in [-0.39, 0.29) is 30.3 Å². The van der Waals surface area contributed by atoms with Crippen molar-refractivity contribution in [1.82, 2.24) is 9.80 Å². The fourth-order valence-corrected chi connectivity index (χ4v) is 3.47. The van der Waals surface area contributed by atoms with E-state index in [1.54, 1.807) is 48.7 Å². The standard InChI is InChI=1S/C22H18N2O3/c1-2-23-9-10-24(14-23)13-16(25)11-15-7-8-19-20(12-15)22(27)18-6-4-3-5-17(18)21(19)26/h2-10,12H,1,11,13-14H2. The van der Waals surface area contributed by atoms with E-state index in [2.05, 4.69) is 6.58 Å². The van der Waals surface area contributed by atoms with Crippen molar-refractivity contribution in [3.05, 3.63) is 95.5 Å². The molecule has 1 heterocycles. The average Bonchev–Trinajstić information content (AvgIpc) is 3.13. The van der Waals surface area contributed by atoms with Gasteiger partial charge in [-0.2, -0.15) is 0 Å². The van der Waals surface area contributed by atoms with Gasteiger partial charge in [-0.3, -0.25) is 14.4 Å². The molecule has 2 aliphatic rings. The van der Waals surface area contributed by atoms with Crippen molar-refractivity contribution in [2.24, 2.45) is 0 Å². The summed E-state index contributed by atoms with van der Waals surface area (Å²) in [7, 11) is 0. The maximum atomic E-state index is 12.8. The van der Waals surface area contributed by atoms with Gasteiger partial charge in [-0.15, -0.1) is 0 Å². The lowest BCUT2D eigenvalue weighted by molar-refractivity contribution is -0.119. The normalized spacial score (nSPS) is 15.0. The predicted octanol–water partition coefficient (Wildman–Crippen LogP) is 2.76. The highest BCUT2D eigenvalue weighted by Gasteiger charge is 2.29. The lowest BCUT2D eigenvalue weighted by Gasteiger charge is -2.19. The molecule has 2 aromatic carbocycles. The quantitative estimate of drug-likeness (QED) is 0.702. The van der Waals surface area contributed by atoms with E-state index in [0.29, 0.717) is 28.9 Å². The van der Waals surface area contributed by atoms with Crippen molar-refractivity contribution in [3.8, 4) is 0 Å². The molecule has 5 nitrogen and oxygen atoms in total. The summed E-state index contributed by atoms with van der Waals surface area (Å²) in [5.74, 6) is -0.274. The Labute approximate surface area is 157 Å². The number of rotatable bonds is 5. The van der Waals surface area contributed by atoms with E-state index in [1.165, 1.54) is 0 Å². The maximum Gasteiger partial charge on any atom is 0.194 e. The third kappa shape index (κ3) is 3.08. The van der Waals surface area contributed by atoms with Crippen LogP contribution in [0.3, 0.4) is 0 Å². The van der Waals surface area contributed by atoms with E-state index < -0.39 is 0 Å². The first kappa shape index (κ1) is 17.0. The topological polar surface area (TPSA) is 57.7 Å². The van der Waals surface area contributed by atoms with Crippen LogP contribution in [0.2, 0.25) is 0 Å². The van der Waals surface area contributed by atoms with E-state index >= 15 is 0 Å². The molecule has 0 N–H and O–H groups in total. The minimum atomic E-state index is -0.168. The molecule has 1 aliphatic carbocycles. The zero-order valence-corrected chi connectivity index (χ0v) is 14.7. The van der Waals surface area contributed by atoms with Gasteiger partial charge >= 0.3 is 0 Å². The molecule has 1 aliphatic heterocycles. The summed E-state index contributed by atoms with van der Waals surface area (Å²) in [5, 5.41) is 0. The highest BCUT2D eigenvalue weighted by Crippen LogP contribution is 2.28. The summed E-state index contributed by atoms with van der Waals surface area (Å²) >= 11 is 0. The van der Waals surface area contributed by atoms with E-state index in [9.17, 15) is 14.4 Å². The summed E-state index contributed by atoms with van der Waals surface area (Å²) in [6, 6.07) is 11.9. The molecule has 0 aromatic heterocycles. The Bertz CT molecular complexity index is 1010. The number of Topliss-reactive ketones (excluding diaryl/α,β-unsaturated/α-hetero) is 1. The van der Waals surface area contributed by atoms with Crippen molar-refractivity contribution in [3.63, 3.8) is 0 Å². The minimum absolute atomic E-state index is 0.0421. The van der Waals surface area contributed by atoms with Gasteiger partial charge in [-0.05, 0) is 17.8 Å². The number of carbonyl (C=O) groups is 3. The molecule has 0 spiro atoms. The van der Waals surface area contributed by atoms with Gasteiger partial charge in [0.1, 0.15) is 0 Å². The van der Waals surface area contributed by atoms with Gasteiger partial charge in [0.2, 0.25) is 0 Å². The molecule has 0 saturated heterocycles. The smallest absolute Gasteiger partial charge is 0.194 e. The van der Waals surface area contributed by atoms with Crippen LogP contribution < -0.4 is 0 Å². The van der Waals surface area contributed by atoms with Gasteiger partial charge in [0.15, 0.2) is 17.3 Å². The van der Waals surface area contributed by atoms with Crippen LogP contribution in [0.25, 0.3) is 0 Å². The zero-order valence-electron chi connectivity index (χ0n) is 14.7. The highest BCUT2D eigenvalue weighted by molar-refractivity contribution is 6.28. The van der Waals surface area contributed by atoms with Crippen LogP contribution in [-0.2, 0) is 11.2 Å². The summed E-state index contributed by atoms with van der Waals surface area (Å²) in [5.41, 5.74) is 2.38. The molecule has 0 atom stereocenters. The fourth-order valence-electron chi connectivity index (χ4n) is 3.47. The molecule has 0 bridgehead atoms. The van der Waals surface area contributed by atoms with Crippen LogP contribution in [0.5, 0.6) is 0 Å². The Hall–Kier alpha value is -3.47. The van der Waals surface area contributed by atoms with Crippen molar-refractivity contribution >= 4 is 17.3 Å². The summed E-state index contributed by atoms with van der Waals surface area (Å²) in [4.78, 5) is 41.6. The Morgan fingerprint density at radius 3 is 2.30 bits per heavy atom. The highest BCUT2D eigenvalue weighted by atomic mass is 16.1. The lowest BCUT2D eigenvalue weighted by atomic mass is 9.83. The number of fused-ring (bicyclic) bond motifs is 2. The second kappa shape index (κ2) is 6.68. The molecule has 5 heteroatoms. The molecular formula is C22H18N2O3. The Kier molecular flexibility index (Phi) is 4.20. The molecule has 0 unspecified atom stereocenters. The zero-order chi connectivity index (χ0) is 19.0. The average molecular weight is 358 g/mol. The van der Waals surface area contributed by atoms with Gasteiger partial charge in [0.25, 0.3) is 0 Å². The van der Waals surface area contributed by atoms with Crippen LogP contribution in [0.1, 0.15) is 37.4 Å². The number of benzene rings is 2. The monoisotopic (exact) mass is 358 g/mol. The second-order valence-corrected chi connectivity index (χ2v) is 6.68. The number of hydrogen-bond acceptors (Lipinski definition) is 5. The Balaban J connectivity index is 1.52. The van der Waals surface area contributed by atoms with E-state index in [4.69, 9.17) is 0 Å². The second-order valence-electron chi connectivity index (χ2n) is 6.68. The van der Waals surface area contributed by atoms with Gasteiger partial charge in [0.05, 0.1) is 13.2 Å². The molecular weight excluding hydrogens is 340 g/mol. The van der Waals surface area contributed by atoms with Gasteiger partial charge < -0.3 is 9.80 Å². The van der Waals surface area contributed by atoms with Crippen molar-refractivity contribution < 1.29 is 14.4 Å². The number of nitrogens with zero attached hydrogens (tertiary/aromatic N) is 2. The first-order valence-corrected chi connectivity index (χ1v) is 8.70. The minimum Gasteiger partial charge on any atom is -0.351 e. The summed E-state index contributed by atoms with van der Waals surface area (Å²) in [6.07, 6.45) is 5.63. The number of hydrogen-bond donors (Lipinski definition) is 0. The number of carbonyl (C=O) groups excluding carboxylic acids is 3. The fraction of sp³-hybridized carbons (Fsp3) is 0.136. The molecule has 2 aromatic rings. The van der Waals surface area contributed by atoms with Crippen LogP contribution >= 0.6 is 0 Å². The molecule has 0 amide bonds. The van der Waals surface area contributed by atoms with Crippen LogP contribution in [-0.4, -0.2) is 40.4 Å². The molecule has 134 valence electrons.